The summed E-state index contributed by atoms with van der Waals surface area (Å²) in [5.41, 5.74) is 4.00. The third kappa shape index (κ3) is 5.18. The number of hydrogen-bond acceptors (Lipinski definition) is 5. The molecule has 0 radical (unpaired) electrons. The second-order valence-electron chi connectivity index (χ2n) is 6.49. The predicted molar refractivity (Wildman–Crippen MR) is 114 cm³/mol. The highest BCUT2D eigenvalue weighted by Gasteiger charge is 2.13. The second-order valence-corrected chi connectivity index (χ2v) is 6.90. The molecule has 0 aliphatic heterocycles. The van der Waals surface area contributed by atoms with Gasteiger partial charge in [0.2, 0.25) is 0 Å². The first-order chi connectivity index (χ1) is 14.0. The number of nitrogens with zero attached hydrogens (tertiary/aromatic N) is 1. The number of benzene rings is 3. The first kappa shape index (κ1) is 20.5. The summed E-state index contributed by atoms with van der Waals surface area (Å²) in [5, 5.41) is 14.6. The molecule has 7 heteroatoms. The number of aryl methyl sites for hydroxylation is 1. The van der Waals surface area contributed by atoms with Crippen molar-refractivity contribution < 1.29 is 14.4 Å². The van der Waals surface area contributed by atoms with Gasteiger partial charge < -0.3 is 14.8 Å². The van der Waals surface area contributed by atoms with Crippen molar-refractivity contribution in [3.8, 4) is 11.5 Å². The first-order valence-corrected chi connectivity index (χ1v) is 9.37. The molecule has 150 valence electrons. The van der Waals surface area contributed by atoms with Crippen molar-refractivity contribution in [2.45, 2.75) is 20.1 Å². The zero-order valence-electron chi connectivity index (χ0n) is 16.1. The van der Waals surface area contributed by atoms with E-state index in [2.05, 4.69) is 5.32 Å². The Balaban J connectivity index is 1.71. The van der Waals surface area contributed by atoms with E-state index in [1.54, 1.807) is 19.2 Å². The van der Waals surface area contributed by atoms with Crippen molar-refractivity contribution in [1.82, 2.24) is 0 Å². The number of rotatable bonds is 8. The number of ether oxygens (including phenoxy) is 2. The normalized spacial score (nSPS) is 10.4. The van der Waals surface area contributed by atoms with Gasteiger partial charge in [-0.2, -0.15) is 0 Å². The molecular formula is C22H21ClN2O4. The fourth-order valence-corrected chi connectivity index (χ4v) is 3.14. The van der Waals surface area contributed by atoms with Gasteiger partial charge in [-0.05, 0) is 53.9 Å². The maximum Gasteiger partial charge on any atom is 0.269 e. The van der Waals surface area contributed by atoms with Crippen LogP contribution in [0.15, 0.2) is 60.7 Å². The SMILES string of the molecule is COc1cc(CNc2ccccc2C)cc(Cl)c1OCc1ccc([N+](=O)[O-])cc1. The molecule has 0 saturated carbocycles. The zero-order valence-corrected chi connectivity index (χ0v) is 16.9. The lowest BCUT2D eigenvalue weighted by Gasteiger charge is -2.15. The quantitative estimate of drug-likeness (QED) is 0.376. The number of nitrogens with one attached hydrogen (secondary N) is 1. The van der Waals surface area contributed by atoms with Crippen LogP contribution in [-0.4, -0.2) is 12.0 Å². The zero-order chi connectivity index (χ0) is 20.8. The summed E-state index contributed by atoms with van der Waals surface area (Å²) < 4.78 is 11.3. The molecule has 3 rings (SSSR count). The van der Waals surface area contributed by atoms with E-state index in [-0.39, 0.29) is 12.3 Å². The first-order valence-electron chi connectivity index (χ1n) is 9.00. The van der Waals surface area contributed by atoms with Gasteiger partial charge in [-0.15, -0.1) is 0 Å². The molecule has 0 fully saturated rings. The lowest BCUT2D eigenvalue weighted by atomic mass is 10.1. The smallest absolute Gasteiger partial charge is 0.269 e. The molecule has 29 heavy (non-hydrogen) atoms. The molecule has 3 aromatic rings. The molecule has 0 aliphatic rings. The molecule has 0 spiro atoms. The third-order valence-corrected chi connectivity index (χ3v) is 4.73. The molecule has 0 saturated heterocycles. The molecule has 0 atom stereocenters. The number of methoxy groups -OCH3 is 1. The van der Waals surface area contributed by atoms with Crippen LogP contribution in [0.2, 0.25) is 5.02 Å². The van der Waals surface area contributed by atoms with Crippen LogP contribution >= 0.6 is 11.6 Å². The summed E-state index contributed by atoms with van der Waals surface area (Å²) in [7, 11) is 1.56. The van der Waals surface area contributed by atoms with Crippen LogP contribution < -0.4 is 14.8 Å². The summed E-state index contributed by atoms with van der Waals surface area (Å²) in [4.78, 5) is 10.3. The van der Waals surface area contributed by atoms with Crippen LogP contribution in [-0.2, 0) is 13.2 Å². The van der Waals surface area contributed by atoms with Crippen LogP contribution in [0.1, 0.15) is 16.7 Å². The largest absolute Gasteiger partial charge is 0.493 e. The molecule has 0 aliphatic carbocycles. The van der Waals surface area contributed by atoms with Crippen molar-refractivity contribution in [2.24, 2.45) is 0 Å². The number of para-hydroxylation sites is 1. The minimum absolute atomic E-state index is 0.0369. The van der Waals surface area contributed by atoms with Crippen molar-refractivity contribution in [3.05, 3.63) is 92.5 Å². The molecule has 1 N–H and O–H groups in total. The van der Waals surface area contributed by atoms with Gasteiger partial charge in [0.25, 0.3) is 5.69 Å². The summed E-state index contributed by atoms with van der Waals surface area (Å²) in [6.07, 6.45) is 0. The van der Waals surface area contributed by atoms with E-state index in [1.807, 2.05) is 43.3 Å². The highest BCUT2D eigenvalue weighted by atomic mass is 35.5. The number of nitro groups is 1. The van der Waals surface area contributed by atoms with Crippen LogP contribution in [0, 0.1) is 17.0 Å². The lowest BCUT2D eigenvalue weighted by Crippen LogP contribution is -2.03. The Morgan fingerprint density at radius 2 is 1.79 bits per heavy atom. The molecule has 0 bridgehead atoms. The molecule has 6 nitrogen and oxygen atoms in total. The average Bonchev–Trinajstić information content (AvgIpc) is 2.72. The fraction of sp³-hybridized carbons (Fsp3) is 0.182. The topological polar surface area (TPSA) is 73.6 Å². The summed E-state index contributed by atoms with van der Waals surface area (Å²) in [6, 6.07) is 18.0. The van der Waals surface area contributed by atoms with Gasteiger partial charge in [-0.3, -0.25) is 10.1 Å². The number of hydrogen-bond donors (Lipinski definition) is 1. The maximum atomic E-state index is 10.7. The predicted octanol–water partition coefficient (Wildman–Crippen LogP) is 5.76. The molecule has 0 amide bonds. The van der Waals surface area contributed by atoms with Crippen LogP contribution in [0.4, 0.5) is 11.4 Å². The Morgan fingerprint density at radius 1 is 1.07 bits per heavy atom. The molecule has 0 heterocycles. The number of nitro benzene ring substituents is 1. The van der Waals surface area contributed by atoms with E-state index in [0.717, 1.165) is 22.4 Å². The molecule has 3 aromatic carbocycles. The van der Waals surface area contributed by atoms with Crippen molar-refractivity contribution >= 4 is 23.0 Å². The number of halogens is 1. The summed E-state index contributed by atoms with van der Waals surface area (Å²) >= 11 is 6.44. The Hall–Kier alpha value is -3.25. The average molecular weight is 413 g/mol. The van der Waals surface area contributed by atoms with E-state index < -0.39 is 4.92 Å². The van der Waals surface area contributed by atoms with Crippen LogP contribution in [0.25, 0.3) is 0 Å². The van der Waals surface area contributed by atoms with E-state index in [9.17, 15) is 10.1 Å². The van der Waals surface area contributed by atoms with Crippen LogP contribution in [0.3, 0.4) is 0 Å². The Labute approximate surface area is 174 Å². The van der Waals surface area contributed by atoms with Gasteiger partial charge in [-0.25, -0.2) is 0 Å². The lowest BCUT2D eigenvalue weighted by molar-refractivity contribution is -0.384. The van der Waals surface area contributed by atoms with Gasteiger partial charge in [0.15, 0.2) is 11.5 Å². The number of anilines is 1. The molecule has 0 unspecified atom stereocenters. The van der Waals surface area contributed by atoms with Crippen molar-refractivity contribution in [2.75, 3.05) is 12.4 Å². The van der Waals surface area contributed by atoms with Gasteiger partial charge >= 0.3 is 0 Å². The maximum absolute atomic E-state index is 10.7. The second kappa shape index (κ2) is 9.30. The minimum Gasteiger partial charge on any atom is -0.493 e. The van der Waals surface area contributed by atoms with E-state index >= 15 is 0 Å². The Kier molecular flexibility index (Phi) is 6.57. The summed E-state index contributed by atoms with van der Waals surface area (Å²) in [5.74, 6) is 0.966. The Morgan fingerprint density at radius 3 is 2.45 bits per heavy atom. The third-order valence-electron chi connectivity index (χ3n) is 4.45. The van der Waals surface area contributed by atoms with E-state index in [0.29, 0.717) is 23.1 Å². The molecule has 0 aromatic heterocycles. The standard InChI is InChI=1S/C22H21ClN2O4/c1-15-5-3-4-6-20(15)24-13-17-11-19(23)22(21(12-17)28-2)29-14-16-7-9-18(10-8-16)25(26)27/h3-12,24H,13-14H2,1-2H3. The fourth-order valence-electron chi connectivity index (χ4n) is 2.85. The van der Waals surface area contributed by atoms with Crippen molar-refractivity contribution in [3.63, 3.8) is 0 Å². The van der Waals surface area contributed by atoms with Crippen molar-refractivity contribution in [1.29, 1.82) is 0 Å². The summed E-state index contributed by atoms with van der Waals surface area (Å²) in [6.45, 7) is 2.85. The van der Waals surface area contributed by atoms with Gasteiger partial charge in [0.05, 0.1) is 17.1 Å². The van der Waals surface area contributed by atoms with Gasteiger partial charge in [0.1, 0.15) is 6.61 Å². The van der Waals surface area contributed by atoms with E-state index in [1.165, 1.54) is 12.1 Å². The highest BCUT2D eigenvalue weighted by Crippen LogP contribution is 2.37. The van der Waals surface area contributed by atoms with E-state index in [4.69, 9.17) is 21.1 Å². The molecular weight excluding hydrogens is 392 g/mol. The van der Waals surface area contributed by atoms with Gasteiger partial charge in [0, 0.05) is 24.4 Å². The minimum atomic E-state index is -0.436. The van der Waals surface area contributed by atoms with Crippen LogP contribution in [0.5, 0.6) is 11.5 Å². The monoisotopic (exact) mass is 412 g/mol. The number of non-ortho nitro benzene ring substituents is 1. The highest BCUT2D eigenvalue weighted by molar-refractivity contribution is 6.32. The van der Waals surface area contributed by atoms with Gasteiger partial charge in [-0.1, -0.05) is 29.8 Å². The Bertz CT molecular complexity index is 1010.